The van der Waals surface area contributed by atoms with Crippen LogP contribution in [0.2, 0.25) is 10.0 Å². The topological polar surface area (TPSA) is 34.2 Å². The van der Waals surface area contributed by atoms with Crippen LogP contribution in [0.3, 0.4) is 0 Å². The Morgan fingerprint density at radius 1 is 1.22 bits per heavy atom. The van der Waals surface area contributed by atoms with Crippen LogP contribution in [0.15, 0.2) is 30.3 Å². The van der Waals surface area contributed by atoms with Gasteiger partial charge in [0.25, 0.3) is 0 Å². The Labute approximate surface area is 129 Å². The summed E-state index contributed by atoms with van der Waals surface area (Å²) in [6.07, 6.45) is 0. The van der Waals surface area contributed by atoms with Crippen molar-refractivity contribution in [3.8, 4) is 11.6 Å². The molecule has 0 radical (unpaired) electrons. The molecule has 0 aliphatic rings. The minimum atomic E-state index is 0.328. The molecule has 1 aromatic heterocycles. The minimum absolute atomic E-state index is 0.328. The second-order valence-corrected chi connectivity index (χ2v) is 5.36. The number of hydrogen-bond donors (Lipinski definition) is 1. The molecular weight excluding hydrogens is 386 g/mol. The lowest BCUT2D eigenvalue weighted by Gasteiger charge is -2.10. The van der Waals surface area contributed by atoms with Crippen molar-refractivity contribution in [2.75, 3.05) is 12.4 Å². The van der Waals surface area contributed by atoms with E-state index in [-0.39, 0.29) is 0 Å². The maximum absolute atomic E-state index is 6.06. The van der Waals surface area contributed by atoms with Gasteiger partial charge in [-0.15, -0.1) is 0 Å². The van der Waals surface area contributed by atoms with Gasteiger partial charge in [-0.2, -0.15) is 4.98 Å². The highest BCUT2D eigenvalue weighted by atomic mass is 127. The van der Waals surface area contributed by atoms with Gasteiger partial charge in [0.15, 0.2) is 0 Å². The van der Waals surface area contributed by atoms with Gasteiger partial charge in [-0.25, -0.2) is 0 Å². The van der Waals surface area contributed by atoms with Crippen LogP contribution < -0.4 is 10.1 Å². The molecule has 0 bridgehead atoms. The summed E-state index contributed by atoms with van der Waals surface area (Å²) >= 11 is 14.2. The van der Waals surface area contributed by atoms with Crippen molar-refractivity contribution >= 4 is 51.6 Å². The van der Waals surface area contributed by atoms with Crippen molar-refractivity contribution in [2.45, 2.75) is 0 Å². The van der Waals surface area contributed by atoms with Gasteiger partial charge in [0.2, 0.25) is 5.88 Å². The number of benzene rings is 1. The molecule has 1 heterocycles. The second-order valence-electron chi connectivity index (χ2n) is 3.39. The zero-order valence-electron chi connectivity index (χ0n) is 9.38. The molecule has 0 fully saturated rings. The highest BCUT2D eigenvalue weighted by Crippen LogP contribution is 2.34. The molecule has 0 aliphatic carbocycles. The van der Waals surface area contributed by atoms with Gasteiger partial charge in [-0.05, 0) is 40.8 Å². The third-order valence-corrected chi connectivity index (χ3v) is 3.63. The first-order valence-electron chi connectivity index (χ1n) is 5.08. The molecule has 0 unspecified atom stereocenters. The summed E-state index contributed by atoms with van der Waals surface area (Å²) in [6.45, 7) is 0. The van der Waals surface area contributed by atoms with Crippen LogP contribution in [0.4, 0.5) is 5.82 Å². The van der Waals surface area contributed by atoms with E-state index in [0.29, 0.717) is 27.5 Å². The Bertz CT molecular complexity index is 578. The number of halogens is 3. The highest BCUT2D eigenvalue weighted by Gasteiger charge is 2.11. The van der Waals surface area contributed by atoms with Crippen LogP contribution in [-0.2, 0) is 0 Å². The van der Waals surface area contributed by atoms with Crippen LogP contribution in [0.25, 0.3) is 0 Å². The lowest BCUT2D eigenvalue weighted by molar-refractivity contribution is 0.461. The van der Waals surface area contributed by atoms with E-state index in [1.165, 1.54) is 0 Å². The fourth-order valence-corrected chi connectivity index (χ4v) is 2.32. The van der Waals surface area contributed by atoms with E-state index >= 15 is 0 Å². The van der Waals surface area contributed by atoms with Crippen LogP contribution in [0, 0.1) is 3.57 Å². The first-order chi connectivity index (χ1) is 8.61. The monoisotopic (exact) mass is 394 g/mol. The van der Waals surface area contributed by atoms with Crippen molar-refractivity contribution < 1.29 is 4.74 Å². The predicted molar refractivity (Wildman–Crippen MR) is 83.0 cm³/mol. The molecule has 1 N–H and O–H groups in total. The number of hydrogen-bond acceptors (Lipinski definition) is 3. The van der Waals surface area contributed by atoms with E-state index < -0.39 is 0 Å². The first kappa shape index (κ1) is 13.7. The van der Waals surface area contributed by atoms with Crippen molar-refractivity contribution in [2.24, 2.45) is 0 Å². The van der Waals surface area contributed by atoms with Gasteiger partial charge < -0.3 is 10.1 Å². The summed E-state index contributed by atoms with van der Waals surface area (Å²) in [7, 11) is 1.73. The SMILES string of the molecule is CNc1nc(Oc2ccccc2I)c(Cl)cc1Cl. The Hall–Kier alpha value is -0.720. The zero-order chi connectivity index (χ0) is 13.1. The standard InChI is InChI=1S/C12H9Cl2IN2O/c1-16-11-7(13)6-8(14)12(17-11)18-10-5-3-2-4-9(10)15/h2-6H,1H3,(H,16,17). The Morgan fingerprint density at radius 2 is 1.94 bits per heavy atom. The third kappa shape index (κ3) is 2.99. The summed E-state index contributed by atoms with van der Waals surface area (Å²) in [5.74, 6) is 1.56. The van der Waals surface area contributed by atoms with Gasteiger partial charge in [-0.1, -0.05) is 35.3 Å². The quantitative estimate of drug-likeness (QED) is 0.757. The molecule has 0 saturated heterocycles. The maximum atomic E-state index is 6.06. The molecule has 0 aliphatic heterocycles. The van der Waals surface area contributed by atoms with Crippen molar-refractivity contribution in [3.05, 3.63) is 43.9 Å². The number of nitrogens with one attached hydrogen (secondary N) is 1. The van der Waals surface area contributed by atoms with Crippen LogP contribution >= 0.6 is 45.8 Å². The van der Waals surface area contributed by atoms with E-state index in [1.807, 2.05) is 24.3 Å². The summed E-state index contributed by atoms with van der Waals surface area (Å²) in [6, 6.07) is 9.23. The number of anilines is 1. The second kappa shape index (κ2) is 5.95. The molecule has 3 nitrogen and oxygen atoms in total. The number of para-hydroxylation sites is 1. The molecule has 6 heteroatoms. The molecule has 0 amide bonds. The number of nitrogens with zero attached hydrogens (tertiary/aromatic N) is 1. The first-order valence-corrected chi connectivity index (χ1v) is 6.91. The number of ether oxygens (including phenoxy) is 1. The lowest BCUT2D eigenvalue weighted by Crippen LogP contribution is -1.97. The third-order valence-electron chi connectivity index (χ3n) is 2.18. The van der Waals surface area contributed by atoms with E-state index in [2.05, 4.69) is 32.9 Å². The predicted octanol–water partition coefficient (Wildman–Crippen LogP) is 4.83. The number of aromatic nitrogens is 1. The molecule has 18 heavy (non-hydrogen) atoms. The minimum Gasteiger partial charge on any atom is -0.436 e. The van der Waals surface area contributed by atoms with Gasteiger partial charge in [0.1, 0.15) is 16.6 Å². The van der Waals surface area contributed by atoms with E-state index in [9.17, 15) is 0 Å². The van der Waals surface area contributed by atoms with Gasteiger partial charge in [0.05, 0.1) is 8.59 Å². The average Bonchev–Trinajstić information content (AvgIpc) is 2.35. The van der Waals surface area contributed by atoms with Crippen LogP contribution in [0.1, 0.15) is 0 Å². The van der Waals surface area contributed by atoms with Crippen molar-refractivity contribution in [1.29, 1.82) is 0 Å². The Kier molecular flexibility index (Phi) is 4.53. The van der Waals surface area contributed by atoms with Gasteiger partial charge in [-0.3, -0.25) is 0 Å². The molecule has 2 rings (SSSR count). The normalized spacial score (nSPS) is 10.2. The Morgan fingerprint density at radius 3 is 2.61 bits per heavy atom. The summed E-state index contributed by atoms with van der Waals surface area (Å²) in [5.41, 5.74) is 0. The maximum Gasteiger partial charge on any atom is 0.240 e. The van der Waals surface area contributed by atoms with E-state index in [1.54, 1.807) is 13.1 Å². The fourth-order valence-electron chi connectivity index (χ4n) is 1.33. The summed E-state index contributed by atoms with van der Waals surface area (Å²) in [5, 5.41) is 3.71. The smallest absolute Gasteiger partial charge is 0.240 e. The zero-order valence-corrected chi connectivity index (χ0v) is 13.0. The van der Waals surface area contributed by atoms with E-state index in [0.717, 1.165) is 3.57 Å². The van der Waals surface area contributed by atoms with Crippen LogP contribution in [-0.4, -0.2) is 12.0 Å². The van der Waals surface area contributed by atoms with Gasteiger partial charge >= 0.3 is 0 Å². The lowest BCUT2D eigenvalue weighted by atomic mass is 10.3. The van der Waals surface area contributed by atoms with E-state index in [4.69, 9.17) is 27.9 Å². The largest absolute Gasteiger partial charge is 0.436 e. The average molecular weight is 395 g/mol. The highest BCUT2D eigenvalue weighted by molar-refractivity contribution is 14.1. The van der Waals surface area contributed by atoms with Crippen LogP contribution in [0.5, 0.6) is 11.6 Å². The number of pyridine rings is 1. The molecule has 1 aromatic carbocycles. The Balaban J connectivity index is 2.38. The number of rotatable bonds is 3. The van der Waals surface area contributed by atoms with Crippen molar-refractivity contribution in [3.63, 3.8) is 0 Å². The summed E-state index contributed by atoms with van der Waals surface area (Å²) in [4.78, 5) is 4.23. The van der Waals surface area contributed by atoms with Crippen molar-refractivity contribution in [1.82, 2.24) is 4.98 Å². The molecular formula is C12H9Cl2IN2O. The molecule has 0 spiro atoms. The molecule has 94 valence electrons. The molecule has 0 saturated carbocycles. The molecule has 0 atom stereocenters. The molecule has 2 aromatic rings. The van der Waals surface area contributed by atoms with Gasteiger partial charge in [0, 0.05) is 7.05 Å². The fraction of sp³-hybridized carbons (Fsp3) is 0.0833. The summed E-state index contributed by atoms with van der Waals surface area (Å²) < 4.78 is 6.67.